The molecule has 1 aliphatic heterocycles. The zero-order valence-corrected chi connectivity index (χ0v) is 9.63. The van der Waals surface area contributed by atoms with Gasteiger partial charge in [0.2, 0.25) is 0 Å². The minimum atomic E-state index is -2.61. The Morgan fingerprint density at radius 3 is 2.88 bits per heavy atom. The molecule has 2 nitrogen and oxygen atoms in total. The Hall–Kier alpha value is -1.16. The molecule has 0 aliphatic carbocycles. The molecule has 0 spiro atoms. The van der Waals surface area contributed by atoms with Gasteiger partial charge in [0.1, 0.15) is 5.75 Å². The van der Waals surface area contributed by atoms with Gasteiger partial charge < -0.3 is 10.4 Å². The van der Waals surface area contributed by atoms with Crippen LogP contribution in [0.3, 0.4) is 0 Å². The summed E-state index contributed by atoms with van der Waals surface area (Å²) in [5.74, 6) is 0.204. The lowest BCUT2D eigenvalue weighted by Crippen LogP contribution is -2.30. The van der Waals surface area contributed by atoms with Crippen LogP contribution in [0.2, 0.25) is 0 Å². The van der Waals surface area contributed by atoms with Crippen molar-refractivity contribution in [2.75, 3.05) is 13.1 Å². The maximum Gasteiger partial charge on any atom is 0.267 e. The maximum atomic E-state index is 12.6. The van der Waals surface area contributed by atoms with Crippen molar-refractivity contribution in [1.82, 2.24) is 5.32 Å². The van der Waals surface area contributed by atoms with Gasteiger partial charge in [0.05, 0.1) is 5.56 Å². The van der Waals surface area contributed by atoms with Gasteiger partial charge >= 0.3 is 0 Å². The molecule has 2 rings (SSSR count). The van der Waals surface area contributed by atoms with E-state index >= 15 is 0 Å². The number of phenols is 1. The average molecular weight is 241 g/mol. The fraction of sp³-hybridized carbons (Fsp3) is 0.538. The van der Waals surface area contributed by atoms with E-state index in [2.05, 4.69) is 5.32 Å². The lowest BCUT2D eigenvalue weighted by molar-refractivity contribution is 0.147. The van der Waals surface area contributed by atoms with Gasteiger partial charge in [0.15, 0.2) is 0 Å². The van der Waals surface area contributed by atoms with Crippen LogP contribution in [-0.4, -0.2) is 18.2 Å². The van der Waals surface area contributed by atoms with Gasteiger partial charge in [0, 0.05) is 0 Å². The number of hydrogen-bond acceptors (Lipinski definition) is 2. The summed E-state index contributed by atoms with van der Waals surface area (Å²) in [5, 5.41) is 13.1. The SMILES string of the molecule is Oc1c(CC2CCCNC2)cccc1C(F)F. The van der Waals surface area contributed by atoms with Crippen LogP contribution in [0.15, 0.2) is 18.2 Å². The molecule has 0 saturated carbocycles. The Morgan fingerprint density at radius 1 is 1.41 bits per heavy atom. The Balaban J connectivity index is 2.12. The van der Waals surface area contributed by atoms with Crippen molar-refractivity contribution in [3.63, 3.8) is 0 Å². The Morgan fingerprint density at radius 2 is 2.24 bits per heavy atom. The zero-order chi connectivity index (χ0) is 12.3. The van der Waals surface area contributed by atoms with Crippen molar-refractivity contribution in [2.45, 2.75) is 25.7 Å². The standard InChI is InChI=1S/C13H17F2NO/c14-13(15)11-5-1-4-10(12(11)17)7-9-3-2-6-16-8-9/h1,4-5,9,13,16-17H,2-3,6-8H2. The van der Waals surface area contributed by atoms with Crippen molar-refractivity contribution in [2.24, 2.45) is 5.92 Å². The second-order valence-electron chi connectivity index (χ2n) is 4.57. The van der Waals surface area contributed by atoms with Gasteiger partial charge in [-0.3, -0.25) is 0 Å². The minimum Gasteiger partial charge on any atom is -0.507 e. The topological polar surface area (TPSA) is 32.3 Å². The van der Waals surface area contributed by atoms with Crippen LogP contribution in [0, 0.1) is 5.92 Å². The van der Waals surface area contributed by atoms with Crippen molar-refractivity contribution in [3.05, 3.63) is 29.3 Å². The van der Waals surface area contributed by atoms with Crippen LogP contribution < -0.4 is 5.32 Å². The third kappa shape index (κ3) is 2.94. The highest BCUT2D eigenvalue weighted by Gasteiger charge is 2.19. The van der Waals surface area contributed by atoms with Gasteiger partial charge in [0.25, 0.3) is 6.43 Å². The Labute approximate surface area is 99.7 Å². The summed E-state index contributed by atoms with van der Waals surface area (Å²) in [5.41, 5.74) is 0.378. The summed E-state index contributed by atoms with van der Waals surface area (Å²) in [6.45, 7) is 1.93. The number of nitrogens with one attached hydrogen (secondary N) is 1. The molecule has 1 saturated heterocycles. The zero-order valence-electron chi connectivity index (χ0n) is 9.63. The second-order valence-corrected chi connectivity index (χ2v) is 4.57. The number of para-hydroxylation sites is 1. The average Bonchev–Trinajstić information content (AvgIpc) is 2.33. The van der Waals surface area contributed by atoms with E-state index in [0.717, 1.165) is 25.9 Å². The van der Waals surface area contributed by atoms with Gasteiger partial charge in [-0.05, 0) is 49.9 Å². The molecule has 1 fully saturated rings. The highest BCUT2D eigenvalue weighted by Crippen LogP contribution is 2.32. The maximum absolute atomic E-state index is 12.6. The Kier molecular flexibility index (Phi) is 3.94. The van der Waals surface area contributed by atoms with Gasteiger partial charge in [-0.1, -0.05) is 12.1 Å². The first kappa shape index (κ1) is 12.3. The summed E-state index contributed by atoms with van der Waals surface area (Å²) in [7, 11) is 0. The number of halogens is 2. The lowest BCUT2D eigenvalue weighted by atomic mass is 9.91. The smallest absolute Gasteiger partial charge is 0.267 e. The molecule has 1 atom stereocenters. The third-order valence-corrected chi connectivity index (χ3v) is 3.29. The predicted molar refractivity (Wildman–Crippen MR) is 62.4 cm³/mol. The molecule has 0 amide bonds. The molecule has 0 bridgehead atoms. The van der Waals surface area contributed by atoms with E-state index in [1.807, 2.05) is 0 Å². The van der Waals surface area contributed by atoms with E-state index in [9.17, 15) is 13.9 Å². The molecule has 1 aromatic rings. The quantitative estimate of drug-likeness (QED) is 0.852. The molecular weight excluding hydrogens is 224 g/mol. The molecule has 1 aromatic carbocycles. The normalized spacial score (nSPS) is 20.8. The first-order chi connectivity index (χ1) is 8.18. The molecule has 4 heteroatoms. The summed E-state index contributed by atoms with van der Waals surface area (Å²) >= 11 is 0. The number of alkyl halides is 2. The van der Waals surface area contributed by atoms with Crippen LogP contribution in [0.25, 0.3) is 0 Å². The van der Waals surface area contributed by atoms with Gasteiger partial charge in [-0.2, -0.15) is 0 Å². The van der Waals surface area contributed by atoms with Crippen LogP contribution in [0.5, 0.6) is 5.75 Å². The van der Waals surface area contributed by atoms with Crippen molar-refractivity contribution >= 4 is 0 Å². The van der Waals surface area contributed by atoms with Gasteiger partial charge in [-0.15, -0.1) is 0 Å². The first-order valence-electron chi connectivity index (χ1n) is 5.98. The van der Waals surface area contributed by atoms with E-state index < -0.39 is 6.43 Å². The minimum absolute atomic E-state index is 0.229. The number of benzene rings is 1. The molecule has 0 radical (unpaired) electrons. The molecule has 1 aliphatic rings. The van der Waals surface area contributed by atoms with E-state index in [0.29, 0.717) is 17.9 Å². The van der Waals surface area contributed by atoms with Crippen molar-refractivity contribution in [3.8, 4) is 5.75 Å². The molecule has 2 N–H and O–H groups in total. The van der Waals surface area contributed by atoms with Crippen LogP contribution in [-0.2, 0) is 6.42 Å². The highest BCUT2D eigenvalue weighted by atomic mass is 19.3. The molecule has 17 heavy (non-hydrogen) atoms. The van der Waals surface area contributed by atoms with E-state index in [-0.39, 0.29) is 11.3 Å². The summed E-state index contributed by atoms with van der Waals surface area (Å²) in [4.78, 5) is 0. The molecule has 0 aromatic heterocycles. The van der Waals surface area contributed by atoms with Crippen LogP contribution in [0.4, 0.5) is 8.78 Å². The number of phenolic OH excluding ortho intramolecular Hbond substituents is 1. The fourth-order valence-electron chi connectivity index (χ4n) is 2.36. The number of aromatic hydroxyl groups is 1. The Bertz CT molecular complexity index is 376. The molecule has 1 heterocycles. The van der Waals surface area contributed by atoms with Crippen LogP contribution in [0.1, 0.15) is 30.4 Å². The van der Waals surface area contributed by atoms with E-state index in [1.165, 1.54) is 6.07 Å². The van der Waals surface area contributed by atoms with Crippen LogP contribution >= 0.6 is 0 Å². The lowest BCUT2D eigenvalue weighted by Gasteiger charge is -2.23. The van der Waals surface area contributed by atoms with Gasteiger partial charge in [-0.25, -0.2) is 8.78 Å². The monoisotopic (exact) mass is 241 g/mol. The summed E-state index contributed by atoms with van der Waals surface area (Å²) < 4.78 is 25.2. The van der Waals surface area contributed by atoms with E-state index in [4.69, 9.17) is 0 Å². The number of rotatable bonds is 3. The highest BCUT2D eigenvalue weighted by molar-refractivity contribution is 5.41. The largest absolute Gasteiger partial charge is 0.507 e. The number of hydrogen-bond donors (Lipinski definition) is 2. The predicted octanol–water partition coefficient (Wildman–Crippen LogP) is 2.87. The molecule has 1 unspecified atom stereocenters. The second kappa shape index (κ2) is 5.45. The number of piperidine rings is 1. The summed E-state index contributed by atoms with van der Waals surface area (Å²) in [6, 6.07) is 4.60. The molecular formula is C13H17F2NO. The van der Waals surface area contributed by atoms with Crippen molar-refractivity contribution in [1.29, 1.82) is 0 Å². The third-order valence-electron chi connectivity index (χ3n) is 3.29. The molecule has 94 valence electrons. The first-order valence-corrected chi connectivity index (χ1v) is 5.98. The summed E-state index contributed by atoms with van der Waals surface area (Å²) in [6.07, 6.45) is 0.254. The van der Waals surface area contributed by atoms with Crippen molar-refractivity contribution < 1.29 is 13.9 Å². The van der Waals surface area contributed by atoms with E-state index in [1.54, 1.807) is 12.1 Å². The fourth-order valence-corrected chi connectivity index (χ4v) is 2.36.